The molecule has 1 N–H and O–H groups in total. The Morgan fingerprint density at radius 1 is 1.10 bits per heavy atom. The fourth-order valence-electron chi connectivity index (χ4n) is 3.82. The summed E-state index contributed by atoms with van der Waals surface area (Å²) in [7, 11) is 0. The second-order valence-corrected chi connectivity index (χ2v) is 6.71. The van der Waals surface area contributed by atoms with Crippen molar-refractivity contribution < 1.29 is 4.74 Å². The van der Waals surface area contributed by atoms with Crippen molar-refractivity contribution in [1.82, 2.24) is 5.32 Å². The summed E-state index contributed by atoms with van der Waals surface area (Å²) in [5.74, 6) is 1.70. The molecule has 1 rings (SSSR count). The highest BCUT2D eigenvalue weighted by atomic mass is 16.5. The highest BCUT2D eigenvalue weighted by Crippen LogP contribution is 2.39. The van der Waals surface area contributed by atoms with Gasteiger partial charge >= 0.3 is 0 Å². The van der Waals surface area contributed by atoms with Gasteiger partial charge in [-0.05, 0) is 57.4 Å². The first-order valence-electron chi connectivity index (χ1n) is 8.99. The van der Waals surface area contributed by atoms with Crippen molar-refractivity contribution in [3.05, 3.63) is 0 Å². The van der Waals surface area contributed by atoms with E-state index < -0.39 is 0 Å². The molecule has 0 spiro atoms. The molecule has 0 saturated heterocycles. The van der Waals surface area contributed by atoms with Crippen molar-refractivity contribution in [1.29, 1.82) is 0 Å². The third-order valence-electron chi connectivity index (χ3n) is 5.36. The number of nitrogens with one attached hydrogen (secondary N) is 1. The third kappa shape index (κ3) is 4.73. The second kappa shape index (κ2) is 9.04. The number of rotatable bonds is 9. The molecular weight excluding hydrogens is 246 g/mol. The summed E-state index contributed by atoms with van der Waals surface area (Å²) in [6.07, 6.45) is 8.97. The molecular formula is C18H37NO. The molecule has 2 heteroatoms. The van der Waals surface area contributed by atoms with E-state index in [0.29, 0.717) is 6.04 Å². The van der Waals surface area contributed by atoms with Crippen LogP contribution in [0.3, 0.4) is 0 Å². The molecule has 1 unspecified atom stereocenters. The lowest BCUT2D eigenvalue weighted by Crippen LogP contribution is -2.55. The van der Waals surface area contributed by atoms with Crippen molar-refractivity contribution in [2.24, 2.45) is 11.8 Å². The van der Waals surface area contributed by atoms with E-state index in [9.17, 15) is 0 Å². The predicted molar refractivity (Wildman–Crippen MR) is 88.1 cm³/mol. The lowest BCUT2D eigenvalue weighted by molar-refractivity contribution is -0.100. The Bertz CT molecular complexity index is 242. The van der Waals surface area contributed by atoms with E-state index in [-0.39, 0.29) is 5.60 Å². The molecule has 0 aromatic heterocycles. The summed E-state index contributed by atoms with van der Waals surface area (Å²) in [6, 6.07) is 0.532. The van der Waals surface area contributed by atoms with E-state index in [2.05, 4.69) is 39.9 Å². The van der Waals surface area contributed by atoms with E-state index in [4.69, 9.17) is 4.74 Å². The smallest absolute Gasteiger partial charge is 0.0834 e. The minimum absolute atomic E-state index is 0.0971. The molecule has 0 aromatic carbocycles. The molecule has 0 heterocycles. The number of hydrogen-bond acceptors (Lipinski definition) is 2. The summed E-state index contributed by atoms with van der Waals surface area (Å²) in [5, 5.41) is 3.77. The van der Waals surface area contributed by atoms with Crippen LogP contribution in [0.15, 0.2) is 0 Å². The highest BCUT2D eigenvalue weighted by Gasteiger charge is 2.42. The molecule has 1 aliphatic rings. The number of ether oxygens (including phenoxy) is 1. The van der Waals surface area contributed by atoms with Crippen molar-refractivity contribution in [3.63, 3.8) is 0 Å². The van der Waals surface area contributed by atoms with Gasteiger partial charge in [-0.15, -0.1) is 0 Å². The van der Waals surface area contributed by atoms with Gasteiger partial charge in [0.1, 0.15) is 0 Å². The number of likely N-dealkylation sites (N-methyl/N-ethyl adjacent to an activating group) is 1. The molecule has 0 radical (unpaired) electrons. The van der Waals surface area contributed by atoms with Crippen LogP contribution < -0.4 is 5.32 Å². The largest absolute Gasteiger partial charge is 0.374 e. The first-order chi connectivity index (χ1) is 9.61. The molecule has 2 nitrogen and oxygen atoms in total. The van der Waals surface area contributed by atoms with Crippen molar-refractivity contribution >= 4 is 0 Å². The van der Waals surface area contributed by atoms with Crippen molar-refractivity contribution in [3.8, 4) is 0 Å². The molecule has 1 atom stereocenters. The maximum Gasteiger partial charge on any atom is 0.0834 e. The molecule has 1 aliphatic carbocycles. The monoisotopic (exact) mass is 283 g/mol. The molecule has 0 aliphatic heterocycles. The Morgan fingerprint density at radius 2 is 1.70 bits per heavy atom. The van der Waals surface area contributed by atoms with Gasteiger partial charge in [0.15, 0.2) is 0 Å². The van der Waals surface area contributed by atoms with Gasteiger partial charge in [-0.2, -0.15) is 0 Å². The average molecular weight is 284 g/mol. The van der Waals surface area contributed by atoms with Crippen LogP contribution >= 0.6 is 0 Å². The summed E-state index contributed by atoms with van der Waals surface area (Å²) in [5.41, 5.74) is 0.0971. The van der Waals surface area contributed by atoms with Gasteiger partial charge in [0.2, 0.25) is 0 Å². The molecule has 0 amide bonds. The van der Waals surface area contributed by atoms with E-state index in [1.165, 1.54) is 44.9 Å². The van der Waals surface area contributed by atoms with Crippen LogP contribution in [-0.2, 0) is 4.74 Å². The van der Waals surface area contributed by atoms with Crippen LogP contribution in [0.4, 0.5) is 0 Å². The van der Waals surface area contributed by atoms with Gasteiger partial charge in [0, 0.05) is 12.6 Å². The van der Waals surface area contributed by atoms with Crippen LogP contribution in [0, 0.1) is 11.8 Å². The van der Waals surface area contributed by atoms with Gasteiger partial charge in [-0.3, -0.25) is 0 Å². The van der Waals surface area contributed by atoms with Crippen LogP contribution in [0.2, 0.25) is 0 Å². The lowest BCUT2D eigenvalue weighted by atomic mass is 9.72. The van der Waals surface area contributed by atoms with E-state index in [1.807, 2.05) is 0 Å². The van der Waals surface area contributed by atoms with Gasteiger partial charge < -0.3 is 10.1 Å². The maximum absolute atomic E-state index is 6.36. The lowest BCUT2D eigenvalue weighted by Gasteiger charge is -2.46. The van der Waals surface area contributed by atoms with Crippen LogP contribution in [0.25, 0.3) is 0 Å². The Hall–Kier alpha value is -0.0800. The molecule has 1 fully saturated rings. The van der Waals surface area contributed by atoms with Crippen LogP contribution in [0.1, 0.15) is 79.6 Å². The minimum atomic E-state index is 0.0971. The van der Waals surface area contributed by atoms with E-state index in [0.717, 1.165) is 25.0 Å². The molecule has 0 bridgehead atoms. The zero-order chi connectivity index (χ0) is 15.0. The number of hydrogen-bond donors (Lipinski definition) is 1. The third-order valence-corrected chi connectivity index (χ3v) is 5.36. The molecule has 0 aromatic rings. The highest BCUT2D eigenvalue weighted by molar-refractivity contribution is 4.97. The Morgan fingerprint density at radius 3 is 2.15 bits per heavy atom. The molecule has 1 saturated carbocycles. The summed E-state index contributed by atoms with van der Waals surface area (Å²) in [4.78, 5) is 0. The molecule has 120 valence electrons. The quantitative estimate of drug-likeness (QED) is 0.658. The Balaban J connectivity index is 2.81. The topological polar surface area (TPSA) is 21.3 Å². The van der Waals surface area contributed by atoms with Gasteiger partial charge in [-0.25, -0.2) is 0 Å². The van der Waals surface area contributed by atoms with Gasteiger partial charge in [0.25, 0.3) is 0 Å². The van der Waals surface area contributed by atoms with Gasteiger partial charge in [0.05, 0.1) is 5.60 Å². The normalized spacial score (nSPS) is 28.8. The fraction of sp³-hybridized carbons (Fsp3) is 1.00. The van der Waals surface area contributed by atoms with Crippen LogP contribution in [0.5, 0.6) is 0 Å². The van der Waals surface area contributed by atoms with Crippen molar-refractivity contribution in [2.45, 2.75) is 91.2 Å². The Labute approximate surface area is 127 Å². The van der Waals surface area contributed by atoms with Crippen molar-refractivity contribution in [2.75, 3.05) is 13.2 Å². The maximum atomic E-state index is 6.36. The van der Waals surface area contributed by atoms with E-state index >= 15 is 0 Å². The van der Waals surface area contributed by atoms with E-state index in [1.54, 1.807) is 0 Å². The first-order valence-corrected chi connectivity index (χ1v) is 8.99. The second-order valence-electron chi connectivity index (χ2n) is 6.71. The molecule has 20 heavy (non-hydrogen) atoms. The fourth-order valence-corrected chi connectivity index (χ4v) is 3.82. The minimum Gasteiger partial charge on any atom is -0.374 e. The summed E-state index contributed by atoms with van der Waals surface area (Å²) < 4.78 is 6.36. The zero-order valence-electron chi connectivity index (χ0n) is 14.5. The predicted octanol–water partition coefficient (Wildman–Crippen LogP) is 4.78. The average Bonchev–Trinajstić information content (AvgIpc) is 2.46. The summed E-state index contributed by atoms with van der Waals surface area (Å²) >= 11 is 0. The SMILES string of the molecule is CCNC(CC(CC)CC)C1(OCC)CCC(C)CC1. The summed E-state index contributed by atoms with van der Waals surface area (Å²) in [6.45, 7) is 13.3. The Kier molecular flexibility index (Phi) is 8.13. The standard InChI is InChI=1S/C18H37NO/c1-6-16(7-2)14-17(19-8-3)18(20-9-4)12-10-15(5)11-13-18/h15-17,19H,6-14H2,1-5H3. The first kappa shape index (κ1) is 18.0. The van der Waals surface area contributed by atoms with Gasteiger partial charge in [-0.1, -0.05) is 40.5 Å². The zero-order valence-corrected chi connectivity index (χ0v) is 14.5. The van der Waals surface area contributed by atoms with Crippen LogP contribution in [-0.4, -0.2) is 24.8 Å².